The van der Waals surface area contributed by atoms with Gasteiger partial charge in [0.2, 0.25) is 0 Å². The van der Waals surface area contributed by atoms with E-state index in [2.05, 4.69) is 38.2 Å². The van der Waals surface area contributed by atoms with E-state index in [1.54, 1.807) is 0 Å². The first-order valence-corrected chi connectivity index (χ1v) is 6.16. The summed E-state index contributed by atoms with van der Waals surface area (Å²) in [7, 11) is 0. The fourth-order valence-electron chi connectivity index (χ4n) is 1.52. The smallest absolute Gasteiger partial charge is 0.119 e. The Hall–Kier alpha value is -1.02. The van der Waals surface area contributed by atoms with Gasteiger partial charge in [-0.3, -0.25) is 0 Å². The van der Waals surface area contributed by atoms with E-state index < -0.39 is 0 Å². The van der Waals surface area contributed by atoms with Gasteiger partial charge in [0.05, 0.1) is 6.10 Å². The highest BCUT2D eigenvalue weighted by Crippen LogP contribution is 2.14. The second kappa shape index (κ2) is 7.29. The fraction of sp³-hybridized carbons (Fsp3) is 0.571. The first-order valence-electron chi connectivity index (χ1n) is 6.16. The van der Waals surface area contributed by atoms with Gasteiger partial charge in [-0.05, 0) is 51.9 Å². The van der Waals surface area contributed by atoms with Gasteiger partial charge in [0.25, 0.3) is 0 Å². The van der Waals surface area contributed by atoms with Crippen molar-refractivity contribution in [2.24, 2.45) is 0 Å². The molecule has 0 saturated heterocycles. The van der Waals surface area contributed by atoms with Crippen molar-refractivity contribution in [2.45, 2.75) is 39.7 Å². The molecule has 0 bridgehead atoms. The first-order chi connectivity index (χ1) is 7.72. The van der Waals surface area contributed by atoms with Crippen molar-refractivity contribution in [2.75, 3.05) is 13.1 Å². The van der Waals surface area contributed by atoms with Crippen LogP contribution in [0.15, 0.2) is 24.3 Å². The third kappa shape index (κ3) is 5.17. The second-order valence-electron chi connectivity index (χ2n) is 4.28. The summed E-state index contributed by atoms with van der Waals surface area (Å²) in [4.78, 5) is 0. The lowest BCUT2D eigenvalue weighted by atomic mass is 10.2. The molecule has 0 heterocycles. The van der Waals surface area contributed by atoms with Crippen LogP contribution in [-0.2, 0) is 0 Å². The molecule has 1 N–H and O–H groups in total. The maximum atomic E-state index is 5.81. The molecule has 2 heteroatoms. The molecule has 2 nitrogen and oxygen atoms in total. The van der Waals surface area contributed by atoms with Crippen molar-refractivity contribution < 1.29 is 4.74 Å². The van der Waals surface area contributed by atoms with Crippen molar-refractivity contribution in [3.05, 3.63) is 29.8 Å². The van der Waals surface area contributed by atoms with E-state index in [4.69, 9.17) is 4.74 Å². The molecule has 90 valence electrons. The maximum absolute atomic E-state index is 5.81. The van der Waals surface area contributed by atoms with Crippen LogP contribution in [-0.4, -0.2) is 19.2 Å². The SMILES string of the molecule is CCCNCCC(C)Oc1ccc(C)cc1. The van der Waals surface area contributed by atoms with Gasteiger partial charge in [0.1, 0.15) is 5.75 Å². The molecule has 0 aliphatic heterocycles. The van der Waals surface area contributed by atoms with Gasteiger partial charge in [-0.25, -0.2) is 0 Å². The zero-order valence-corrected chi connectivity index (χ0v) is 10.6. The zero-order valence-electron chi connectivity index (χ0n) is 10.6. The summed E-state index contributed by atoms with van der Waals surface area (Å²) in [5.41, 5.74) is 1.27. The van der Waals surface area contributed by atoms with E-state index in [-0.39, 0.29) is 6.10 Å². The van der Waals surface area contributed by atoms with Crippen LogP contribution >= 0.6 is 0 Å². The van der Waals surface area contributed by atoms with Crippen molar-refractivity contribution >= 4 is 0 Å². The molecule has 0 aliphatic carbocycles. The van der Waals surface area contributed by atoms with Crippen molar-refractivity contribution in [3.63, 3.8) is 0 Å². The minimum atomic E-state index is 0.270. The molecule has 0 amide bonds. The highest BCUT2D eigenvalue weighted by Gasteiger charge is 2.02. The molecule has 1 unspecified atom stereocenters. The van der Waals surface area contributed by atoms with Gasteiger partial charge in [0, 0.05) is 0 Å². The molecule has 0 radical (unpaired) electrons. The quantitative estimate of drug-likeness (QED) is 0.714. The van der Waals surface area contributed by atoms with Crippen molar-refractivity contribution in [1.29, 1.82) is 0 Å². The first kappa shape index (κ1) is 13.0. The third-order valence-electron chi connectivity index (χ3n) is 2.51. The van der Waals surface area contributed by atoms with Gasteiger partial charge in [-0.2, -0.15) is 0 Å². The molecule has 16 heavy (non-hydrogen) atoms. The monoisotopic (exact) mass is 221 g/mol. The fourth-order valence-corrected chi connectivity index (χ4v) is 1.52. The molecule has 0 aromatic heterocycles. The molecule has 0 spiro atoms. The number of nitrogens with one attached hydrogen (secondary N) is 1. The summed E-state index contributed by atoms with van der Waals surface area (Å²) in [6.07, 6.45) is 2.51. The summed E-state index contributed by atoms with van der Waals surface area (Å²) >= 11 is 0. The van der Waals surface area contributed by atoms with Crippen LogP contribution in [0.5, 0.6) is 5.75 Å². The van der Waals surface area contributed by atoms with Crippen LogP contribution in [0.25, 0.3) is 0 Å². The van der Waals surface area contributed by atoms with E-state index in [1.165, 1.54) is 12.0 Å². The van der Waals surface area contributed by atoms with Gasteiger partial charge in [-0.15, -0.1) is 0 Å². The number of ether oxygens (including phenoxy) is 1. The van der Waals surface area contributed by atoms with Crippen LogP contribution in [0.2, 0.25) is 0 Å². The Kier molecular flexibility index (Phi) is 5.94. The Labute approximate surface area is 99.0 Å². The van der Waals surface area contributed by atoms with Crippen molar-refractivity contribution in [1.82, 2.24) is 5.32 Å². The number of rotatable bonds is 7. The largest absolute Gasteiger partial charge is 0.491 e. The molecule has 0 aliphatic rings. The van der Waals surface area contributed by atoms with Gasteiger partial charge < -0.3 is 10.1 Å². The normalized spacial score (nSPS) is 12.4. The van der Waals surface area contributed by atoms with E-state index in [0.717, 1.165) is 25.3 Å². The Morgan fingerprint density at radius 1 is 1.19 bits per heavy atom. The topological polar surface area (TPSA) is 21.3 Å². The summed E-state index contributed by atoms with van der Waals surface area (Å²) < 4.78 is 5.81. The van der Waals surface area contributed by atoms with Crippen LogP contribution in [0.4, 0.5) is 0 Å². The maximum Gasteiger partial charge on any atom is 0.119 e. The zero-order chi connectivity index (χ0) is 11.8. The molecule has 1 rings (SSSR count). The summed E-state index contributed by atoms with van der Waals surface area (Å²) in [6.45, 7) is 8.51. The Morgan fingerprint density at radius 2 is 1.88 bits per heavy atom. The lowest BCUT2D eigenvalue weighted by molar-refractivity contribution is 0.210. The molecule has 1 aromatic rings. The average molecular weight is 221 g/mol. The predicted molar refractivity (Wildman–Crippen MR) is 69.0 cm³/mol. The molecular formula is C14H23NO. The lowest BCUT2D eigenvalue weighted by Gasteiger charge is -2.15. The van der Waals surface area contributed by atoms with Gasteiger partial charge >= 0.3 is 0 Å². The number of aryl methyl sites for hydroxylation is 1. The average Bonchev–Trinajstić information content (AvgIpc) is 2.28. The summed E-state index contributed by atoms with van der Waals surface area (Å²) in [5, 5.41) is 3.38. The van der Waals surface area contributed by atoms with E-state index in [1.807, 2.05) is 12.1 Å². The van der Waals surface area contributed by atoms with Crippen molar-refractivity contribution in [3.8, 4) is 5.75 Å². The third-order valence-corrected chi connectivity index (χ3v) is 2.51. The van der Waals surface area contributed by atoms with E-state index >= 15 is 0 Å². The number of hydrogen-bond donors (Lipinski definition) is 1. The summed E-state index contributed by atoms with van der Waals surface area (Å²) in [5.74, 6) is 0.966. The van der Waals surface area contributed by atoms with Crippen LogP contribution in [0, 0.1) is 6.92 Å². The molecule has 0 fully saturated rings. The minimum Gasteiger partial charge on any atom is -0.491 e. The van der Waals surface area contributed by atoms with Crippen LogP contribution in [0.3, 0.4) is 0 Å². The van der Waals surface area contributed by atoms with Crippen LogP contribution in [0.1, 0.15) is 32.3 Å². The standard InChI is InChI=1S/C14H23NO/c1-4-10-15-11-9-13(3)16-14-7-5-12(2)6-8-14/h5-8,13,15H,4,9-11H2,1-3H3. The van der Waals surface area contributed by atoms with E-state index in [9.17, 15) is 0 Å². The second-order valence-corrected chi connectivity index (χ2v) is 4.28. The lowest BCUT2D eigenvalue weighted by Crippen LogP contribution is -2.22. The van der Waals surface area contributed by atoms with E-state index in [0.29, 0.717) is 0 Å². The van der Waals surface area contributed by atoms with Crippen LogP contribution < -0.4 is 10.1 Å². The molecule has 1 aromatic carbocycles. The summed E-state index contributed by atoms with van der Waals surface area (Å²) in [6, 6.07) is 8.23. The Morgan fingerprint density at radius 3 is 2.50 bits per heavy atom. The number of benzene rings is 1. The molecular weight excluding hydrogens is 198 g/mol. The minimum absolute atomic E-state index is 0.270. The number of hydrogen-bond acceptors (Lipinski definition) is 2. The highest BCUT2D eigenvalue weighted by atomic mass is 16.5. The predicted octanol–water partition coefficient (Wildman–Crippen LogP) is 3.15. The Bertz CT molecular complexity index is 281. The molecule has 0 saturated carbocycles. The van der Waals surface area contributed by atoms with Gasteiger partial charge in [0.15, 0.2) is 0 Å². The highest BCUT2D eigenvalue weighted by molar-refractivity contribution is 5.26. The molecule has 1 atom stereocenters. The van der Waals surface area contributed by atoms with Gasteiger partial charge in [-0.1, -0.05) is 24.6 Å². The Balaban J connectivity index is 2.23.